The van der Waals surface area contributed by atoms with Crippen LogP contribution >= 0.6 is 0 Å². The van der Waals surface area contributed by atoms with Gasteiger partial charge in [-0.3, -0.25) is 4.90 Å². The third kappa shape index (κ3) is 2.50. The number of hydrogen-bond acceptors (Lipinski definition) is 2. The fraction of sp³-hybridized carbons (Fsp3) is 0.833. The second-order valence-corrected chi connectivity index (χ2v) is 4.16. The molecule has 0 aromatic heterocycles. The number of rotatable bonds is 3. The van der Waals surface area contributed by atoms with Crippen LogP contribution in [0.2, 0.25) is 0 Å². The molecule has 0 bridgehead atoms. The summed E-state index contributed by atoms with van der Waals surface area (Å²) >= 11 is 0. The summed E-state index contributed by atoms with van der Waals surface area (Å²) in [4.78, 5) is 2.49. The van der Waals surface area contributed by atoms with Crippen LogP contribution in [0.1, 0.15) is 33.6 Å². The molecule has 0 aliphatic carbocycles. The molecule has 1 fully saturated rings. The first-order chi connectivity index (χ1) is 6.72. The first kappa shape index (κ1) is 11.6. The molecular weight excluding hydrogens is 172 g/mol. The fourth-order valence-corrected chi connectivity index (χ4v) is 2.19. The third-order valence-electron chi connectivity index (χ3n) is 3.11. The summed E-state index contributed by atoms with van der Waals surface area (Å²) in [6.07, 6.45) is 7.80. The summed E-state index contributed by atoms with van der Waals surface area (Å²) in [5, 5.41) is 3.51. The maximum atomic E-state index is 5.56. The quantitative estimate of drug-likeness (QED) is 0.684. The minimum atomic E-state index is 0.324. The van der Waals surface area contributed by atoms with Crippen molar-refractivity contribution in [1.82, 2.24) is 10.2 Å². The highest BCUT2D eigenvalue weighted by atomic mass is 15.2. The molecule has 14 heavy (non-hydrogen) atoms. The van der Waals surface area contributed by atoms with Crippen LogP contribution in [0.3, 0.4) is 0 Å². The molecule has 80 valence electrons. The van der Waals surface area contributed by atoms with Crippen molar-refractivity contribution < 1.29 is 0 Å². The molecule has 1 heterocycles. The van der Waals surface area contributed by atoms with Crippen molar-refractivity contribution in [3.8, 4) is 12.3 Å². The first-order valence-electron chi connectivity index (χ1n) is 5.68. The van der Waals surface area contributed by atoms with Gasteiger partial charge in [0.25, 0.3) is 0 Å². The molecule has 0 amide bonds. The van der Waals surface area contributed by atoms with Crippen molar-refractivity contribution in [3.05, 3.63) is 0 Å². The highest BCUT2D eigenvalue weighted by molar-refractivity contribution is 5.02. The lowest BCUT2D eigenvalue weighted by molar-refractivity contribution is 0.105. The average molecular weight is 194 g/mol. The monoisotopic (exact) mass is 194 g/mol. The Morgan fingerprint density at radius 1 is 1.57 bits per heavy atom. The van der Waals surface area contributed by atoms with E-state index in [2.05, 4.69) is 36.9 Å². The Hall–Kier alpha value is -0.520. The number of piperazine rings is 1. The molecule has 0 saturated carbocycles. The van der Waals surface area contributed by atoms with E-state index in [1.54, 1.807) is 0 Å². The van der Waals surface area contributed by atoms with Gasteiger partial charge in [-0.15, -0.1) is 6.42 Å². The normalized spacial score (nSPS) is 31.0. The van der Waals surface area contributed by atoms with Gasteiger partial charge in [-0.1, -0.05) is 19.8 Å². The van der Waals surface area contributed by atoms with Crippen LogP contribution in [0, 0.1) is 12.3 Å². The Kier molecular flexibility index (Phi) is 4.44. The minimum absolute atomic E-state index is 0.324. The van der Waals surface area contributed by atoms with Gasteiger partial charge >= 0.3 is 0 Å². The first-order valence-corrected chi connectivity index (χ1v) is 5.68. The van der Waals surface area contributed by atoms with Crippen LogP contribution in [0.4, 0.5) is 0 Å². The summed E-state index contributed by atoms with van der Waals surface area (Å²) < 4.78 is 0. The molecule has 1 N–H and O–H groups in total. The lowest BCUT2D eigenvalue weighted by atomic mass is 10.0. The largest absolute Gasteiger partial charge is 0.311 e. The van der Waals surface area contributed by atoms with Crippen molar-refractivity contribution in [1.29, 1.82) is 0 Å². The zero-order valence-electron chi connectivity index (χ0n) is 9.59. The standard InChI is InChI=1S/C12H22N2/c1-5-11(6-2)14-9-10(4)13-8-12(14)7-3/h1,10-13H,6-9H2,2-4H3. The zero-order valence-corrected chi connectivity index (χ0v) is 9.59. The Balaban J connectivity index is 2.65. The predicted octanol–water partition coefficient (Wildman–Crippen LogP) is 1.47. The molecule has 2 heteroatoms. The van der Waals surface area contributed by atoms with Gasteiger partial charge in [-0.2, -0.15) is 0 Å². The highest BCUT2D eigenvalue weighted by Gasteiger charge is 2.28. The zero-order chi connectivity index (χ0) is 10.6. The molecule has 0 aromatic rings. The molecule has 1 aliphatic heterocycles. The van der Waals surface area contributed by atoms with Gasteiger partial charge in [0.15, 0.2) is 0 Å². The SMILES string of the molecule is C#CC(CC)N1CC(C)NCC1CC. The summed E-state index contributed by atoms with van der Waals surface area (Å²) in [6, 6.07) is 1.51. The lowest BCUT2D eigenvalue weighted by Crippen LogP contribution is -2.58. The summed E-state index contributed by atoms with van der Waals surface area (Å²) in [5.74, 6) is 2.90. The molecule has 0 spiro atoms. The molecule has 1 saturated heterocycles. The maximum absolute atomic E-state index is 5.56. The number of nitrogens with one attached hydrogen (secondary N) is 1. The second-order valence-electron chi connectivity index (χ2n) is 4.16. The van der Waals surface area contributed by atoms with Crippen LogP contribution in [0.25, 0.3) is 0 Å². The highest BCUT2D eigenvalue weighted by Crippen LogP contribution is 2.15. The van der Waals surface area contributed by atoms with Crippen molar-refractivity contribution in [2.24, 2.45) is 0 Å². The van der Waals surface area contributed by atoms with E-state index in [4.69, 9.17) is 6.42 Å². The molecule has 0 radical (unpaired) electrons. The Morgan fingerprint density at radius 3 is 2.79 bits per heavy atom. The second kappa shape index (κ2) is 5.38. The Labute approximate surface area is 88.1 Å². The van der Waals surface area contributed by atoms with Crippen molar-refractivity contribution >= 4 is 0 Å². The van der Waals surface area contributed by atoms with Crippen molar-refractivity contribution in [3.63, 3.8) is 0 Å². The van der Waals surface area contributed by atoms with E-state index in [-0.39, 0.29) is 0 Å². The number of nitrogens with zero attached hydrogens (tertiary/aromatic N) is 1. The Morgan fingerprint density at radius 2 is 2.29 bits per heavy atom. The van der Waals surface area contributed by atoms with Gasteiger partial charge in [-0.05, 0) is 19.8 Å². The molecule has 1 rings (SSSR count). The van der Waals surface area contributed by atoms with Gasteiger partial charge in [0.1, 0.15) is 0 Å². The molecule has 3 atom stereocenters. The number of hydrogen-bond donors (Lipinski definition) is 1. The van der Waals surface area contributed by atoms with E-state index in [0.717, 1.165) is 19.5 Å². The maximum Gasteiger partial charge on any atom is 0.0712 e. The van der Waals surface area contributed by atoms with Gasteiger partial charge in [0, 0.05) is 25.2 Å². The van der Waals surface area contributed by atoms with Gasteiger partial charge < -0.3 is 5.32 Å². The third-order valence-corrected chi connectivity index (χ3v) is 3.11. The summed E-state index contributed by atoms with van der Waals surface area (Å²) in [5.41, 5.74) is 0. The van der Waals surface area contributed by atoms with E-state index in [0.29, 0.717) is 18.1 Å². The van der Waals surface area contributed by atoms with Crippen molar-refractivity contribution in [2.45, 2.75) is 51.7 Å². The number of terminal acetylenes is 1. The minimum Gasteiger partial charge on any atom is -0.311 e. The summed E-state index contributed by atoms with van der Waals surface area (Å²) in [7, 11) is 0. The molecule has 1 aliphatic rings. The van der Waals surface area contributed by atoms with Gasteiger partial charge in [0.2, 0.25) is 0 Å². The van der Waals surface area contributed by atoms with Crippen molar-refractivity contribution in [2.75, 3.05) is 13.1 Å². The smallest absolute Gasteiger partial charge is 0.0712 e. The van der Waals surface area contributed by atoms with Crippen LogP contribution < -0.4 is 5.32 Å². The van der Waals surface area contributed by atoms with Crippen LogP contribution in [0.15, 0.2) is 0 Å². The lowest BCUT2D eigenvalue weighted by Gasteiger charge is -2.41. The van der Waals surface area contributed by atoms with E-state index in [1.807, 2.05) is 0 Å². The van der Waals surface area contributed by atoms with E-state index in [1.165, 1.54) is 6.42 Å². The molecular formula is C12H22N2. The molecule has 3 unspecified atom stereocenters. The Bertz CT molecular complexity index is 207. The van der Waals surface area contributed by atoms with Crippen LogP contribution in [0.5, 0.6) is 0 Å². The fourth-order valence-electron chi connectivity index (χ4n) is 2.19. The predicted molar refractivity (Wildman–Crippen MR) is 61.2 cm³/mol. The van der Waals surface area contributed by atoms with E-state index < -0.39 is 0 Å². The molecule has 2 nitrogen and oxygen atoms in total. The van der Waals surface area contributed by atoms with Gasteiger partial charge in [0.05, 0.1) is 6.04 Å². The van der Waals surface area contributed by atoms with Crippen LogP contribution in [-0.4, -0.2) is 36.1 Å². The average Bonchev–Trinajstić information content (AvgIpc) is 2.20. The van der Waals surface area contributed by atoms with Gasteiger partial charge in [-0.25, -0.2) is 0 Å². The summed E-state index contributed by atoms with van der Waals surface area (Å²) in [6.45, 7) is 8.79. The topological polar surface area (TPSA) is 15.3 Å². The van der Waals surface area contributed by atoms with E-state index >= 15 is 0 Å². The van der Waals surface area contributed by atoms with Crippen LogP contribution in [-0.2, 0) is 0 Å². The van der Waals surface area contributed by atoms with E-state index in [9.17, 15) is 0 Å². The molecule has 0 aromatic carbocycles.